The summed E-state index contributed by atoms with van der Waals surface area (Å²) >= 11 is 28.1. The van der Waals surface area contributed by atoms with Crippen LogP contribution in [0, 0.1) is 111 Å². The standard InChI is InChI=1S/2C8H7NS.C6H9NS.4C5H7NS.C4H4Cl2N2.C4H6N2.3C4H5NS.C2H6/c2*1-6-9-7-4-2-3-5-8(7)10-6;1-4-5(2)8-6(3)7-4;2*1-4-3-7-5(2)6-4;2*1-4-3-6-5(2)7-4;1-8-2-7-3(5)4(8)6;1-6-3-2-5-4-6;1-4-2-6-3-5-4;1-4-2-5-3-6-4;1-4-5-2-3-6-4;1-2/h2*2-5H,1H3;1-3H3;4*3H,1-2H3;2H,1H3;2-4H,1H3;3*2-3H,1H3;1-2H3. The molecule has 0 saturated heterocycles. The first-order valence-electron chi connectivity index (χ1n) is 27.8. The molecule has 0 fully saturated rings. The van der Waals surface area contributed by atoms with Gasteiger partial charge < -0.3 is 9.13 Å². The van der Waals surface area contributed by atoms with E-state index in [0.29, 0.717) is 10.3 Å². The molecular formula is C64H82Cl2N14S10. The molecule has 14 nitrogen and oxygen atoms in total. The number of rotatable bonds is 0. The van der Waals surface area contributed by atoms with Crippen LogP contribution in [0.15, 0.2) is 131 Å². The van der Waals surface area contributed by atoms with Crippen molar-refractivity contribution < 1.29 is 0 Å². The smallest absolute Gasteiger partial charge is 0.166 e. The van der Waals surface area contributed by atoms with Crippen molar-refractivity contribution in [3.63, 3.8) is 0 Å². The number of benzene rings is 2. The Morgan fingerprint density at radius 2 is 0.933 bits per heavy atom. The van der Waals surface area contributed by atoms with Crippen molar-refractivity contribution in [1.29, 1.82) is 0 Å². The van der Waals surface area contributed by atoms with E-state index in [9.17, 15) is 0 Å². The molecule has 12 aromatic heterocycles. The molecule has 0 spiro atoms. The Bertz CT molecular complexity index is 3450. The van der Waals surface area contributed by atoms with Crippen molar-refractivity contribution in [2.45, 2.75) is 125 Å². The first kappa shape index (κ1) is 80.4. The van der Waals surface area contributed by atoms with Crippen molar-refractivity contribution in [1.82, 2.24) is 68.9 Å². The first-order chi connectivity index (χ1) is 42.9. The highest BCUT2D eigenvalue weighted by Crippen LogP contribution is 2.22. The van der Waals surface area contributed by atoms with Crippen molar-refractivity contribution in [3.8, 4) is 0 Å². The second kappa shape index (κ2) is 46.3. The summed E-state index contributed by atoms with van der Waals surface area (Å²) in [5, 5.41) is 18.1. The van der Waals surface area contributed by atoms with Crippen molar-refractivity contribution in [2.24, 2.45) is 14.1 Å². The van der Waals surface area contributed by atoms with Crippen LogP contribution in [-0.2, 0) is 14.1 Å². The Kier molecular flexibility index (Phi) is 41.4. The average Bonchev–Trinajstić information content (AvgIpc) is 4.40. The highest BCUT2D eigenvalue weighted by molar-refractivity contribution is 7.19. The summed E-state index contributed by atoms with van der Waals surface area (Å²) in [6.45, 7) is 36.4. The number of para-hydroxylation sites is 2. The van der Waals surface area contributed by atoms with Gasteiger partial charge in [-0.05, 0) is 135 Å². The summed E-state index contributed by atoms with van der Waals surface area (Å²) in [7, 11) is 3.72. The third-order valence-electron chi connectivity index (χ3n) is 10.0. The maximum atomic E-state index is 5.56. The first-order valence-corrected chi connectivity index (χ1v) is 37.1. The minimum absolute atomic E-state index is 0.356. The molecule has 0 amide bonds. The van der Waals surface area contributed by atoms with Crippen LogP contribution in [0.2, 0.25) is 10.3 Å². The molecule has 482 valence electrons. The van der Waals surface area contributed by atoms with E-state index >= 15 is 0 Å². The molecule has 0 N–H and O–H groups in total. The lowest BCUT2D eigenvalue weighted by Crippen LogP contribution is -1.81. The van der Waals surface area contributed by atoms with Crippen LogP contribution >= 0.6 is 137 Å². The van der Waals surface area contributed by atoms with Gasteiger partial charge in [0.15, 0.2) is 5.15 Å². The summed E-state index contributed by atoms with van der Waals surface area (Å²) in [5.41, 5.74) is 10.4. The molecule has 0 unspecified atom stereocenters. The molecule has 0 saturated carbocycles. The summed E-state index contributed by atoms with van der Waals surface area (Å²) in [5.74, 6) is 0. The molecule has 0 aliphatic heterocycles. The number of aryl methyl sites for hydroxylation is 18. The van der Waals surface area contributed by atoms with E-state index in [4.69, 9.17) is 23.2 Å². The fourth-order valence-corrected chi connectivity index (χ4v) is 12.7. The maximum Gasteiger partial charge on any atom is 0.166 e. The third kappa shape index (κ3) is 36.9. The molecule has 26 heteroatoms. The van der Waals surface area contributed by atoms with Gasteiger partial charge in [-0.25, -0.2) is 44.9 Å². The third-order valence-corrected chi connectivity index (χ3v) is 19.3. The summed E-state index contributed by atoms with van der Waals surface area (Å²) in [6, 6.07) is 16.4. The fourth-order valence-electron chi connectivity index (χ4n) is 6.05. The van der Waals surface area contributed by atoms with E-state index in [1.165, 1.54) is 39.6 Å². The lowest BCUT2D eigenvalue weighted by Gasteiger charge is -1.86. The van der Waals surface area contributed by atoms with Gasteiger partial charge in [-0.1, -0.05) is 61.3 Å². The van der Waals surface area contributed by atoms with Gasteiger partial charge in [0.05, 0.1) is 89.9 Å². The Morgan fingerprint density at radius 1 is 0.411 bits per heavy atom. The van der Waals surface area contributed by atoms with E-state index in [2.05, 4.69) is 103 Å². The zero-order valence-electron chi connectivity index (χ0n) is 54.8. The second-order valence-electron chi connectivity index (χ2n) is 18.2. The van der Waals surface area contributed by atoms with Gasteiger partial charge in [0.1, 0.15) is 5.15 Å². The van der Waals surface area contributed by atoms with Crippen LogP contribution in [0.25, 0.3) is 20.4 Å². The Balaban J connectivity index is 0.000000335. The molecule has 2 aromatic carbocycles. The molecule has 0 atom stereocenters. The topological polar surface area (TPSA) is 165 Å². The molecule has 14 rings (SSSR count). The van der Waals surface area contributed by atoms with Gasteiger partial charge in [-0.3, -0.25) is 15.0 Å². The van der Waals surface area contributed by atoms with E-state index in [-0.39, 0.29) is 0 Å². The molecule has 14 aromatic rings. The van der Waals surface area contributed by atoms with E-state index in [1.807, 2.05) is 198 Å². The number of thiazole rings is 10. The second-order valence-corrected chi connectivity index (χ2v) is 30.7. The predicted octanol–water partition coefficient (Wildman–Crippen LogP) is 21.8. The van der Waals surface area contributed by atoms with Crippen LogP contribution in [-0.4, -0.2) is 68.9 Å². The monoisotopic (exact) mass is 1440 g/mol. The van der Waals surface area contributed by atoms with E-state index in [0.717, 1.165) is 63.2 Å². The minimum atomic E-state index is 0.356. The number of hydrogen-bond donors (Lipinski definition) is 0. The summed E-state index contributed by atoms with van der Waals surface area (Å²) < 4.78 is 6.09. The maximum absolute atomic E-state index is 5.56. The van der Waals surface area contributed by atoms with E-state index in [1.54, 1.807) is 150 Å². The number of imidazole rings is 2. The largest absolute Gasteiger partial charge is 0.341 e. The number of aromatic nitrogens is 14. The van der Waals surface area contributed by atoms with Crippen molar-refractivity contribution in [2.75, 3.05) is 0 Å². The van der Waals surface area contributed by atoms with Crippen LogP contribution in [0.3, 0.4) is 0 Å². The van der Waals surface area contributed by atoms with Gasteiger partial charge in [-0.2, -0.15) is 0 Å². The van der Waals surface area contributed by atoms with E-state index < -0.39 is 0 Å². The van der Waals surface area contributed by atoms with Crippen LogP contribution in [0.4, 0.5) is 0 Å². The summed E-state index contributed by atoms with van der Waals surface area (Å²) in [4.78, 5) is 53.6. The van der Waals surface area contributed by atoms with Crippen LogP contribution in [0.5, 0.6) is 0 Å². The van der Waals surface area contributed by atoms with Crippen LogP contribution in [0.1, 0.15) is 96.2 Å². The van der Waals surface area contributed by atoms with Crippen molar-refractivity contribution >= 4 is 157 Å². The Labute approximate surface area is 582 Å². The lowest BCUT2D eigenvalue weighted by atomic mass is 10.3. The van der Waals surface area contributed by atoms with Crippen molar-refractivity contribution in [3.05, 3.63) is 224 Å². The molecule has 12 heterocycles. The number of fused-ring (bicyclic) bond motifs is 2. The molecular weight excluding hydrogens is 1360 g/mol. The highest BCUT2D eigenvalue weighted by Gasteiger charge is 2.00. The molecule has 0 bridgehead atoms. The van der Waals surface area contributed by atoms with Gasteiger partial charge in [0.25, 0.3) is 0 Å². The Morgan fingerprint density at radius 3 is 1.11 bits per heavy atom. The molecule has 0 radical (unpaired) electrons. The number of hydrogen-bond acceptors (Lipinski definition) is 22. The predicted molar refractivity (Wildman–Crippen MR) is 400 cm³/mol. The highest BCUT2D eigenvalue weighted by atomic mass is 35.5. The number of nitrogens with zero attached hydrogens (tertiary/aromatic N) is 14. The average molecular weight is 1440 g/mol. The van der Waals surface area contributed by atoms with Gasteiger partial charge >= 0.3 is 0 Å². The lowest BCUT2D eigenvalue weighted by molar-refractivity contribution is 0.913. The quantitative estimate of drug-likeness (QED) is 0.141. The molecule has 0 aliphatic rings. The fraction of sp³-hybridized carbons (Fsp3) is 0.312. The van der Waals surface area contributed by atoms with Gasteiger partial charge in [0, 0.05) is 109 Å². The summed E-state index contributed by atoms with van der Waals surface area (Å²) in [6.07, 6.45) is 14.4. The van der Waals surface area contributed by atoms with Gasteiger partial charge in [-0.15, -0.1) is 113 Å². The Hall–Kier alpha value is -5.74. The van der Waals surface area contributed by atoms with Crippen LogP contribution < -0.4 is 0 Å². The zero-order chi connectivity index (χ0) is 67.0. The SMILES string of the molecule is CC.Cc1cnc(C)s1.Cc1cnc(C)s1.Cc1cncs1.Cc1csc(C)n1.Cc1csc(C)n1.Cc1cscn1.Cc1nc(C)c(C)s1.Cc1nc2ccccc2s1.Cc1nc2ccccc2s1.Cc1nccs1.Cn1ccnc1.Cn1cnc(Cl)c1Cl. The molecule has 90 heavy (non-hydrogen) atoms. The normalized spacial score (nSPS) is 9.44. The zero-order valence-corrected chi connectivity index (χ0v) is 64.5. The minimum Gasteiger partial charge on any atom is -0.341 e. The number of halogens is 2. The molecule has 0 aliphatic carbocycles. The van der Waals surface area contributed by atoms with Gasteiger partial charge in [0.2, 0.25) is 0 Å².